The molecule has 6 rings (SSSR count). The molecule has 0 N–H and O–H groups in total. The molecule has 1 aromatic carbocycles. The van der Waals surface area contributed by atoms with Crippen LogP contribution in [0.4, 0.5) is 14.5 Å². The second-order valence-electron chi connectivity index (χ2n) is 9.85. The first-order valence-corrected chi connectivity index (χ1v) is 13.6. The van der Waals surface area contributed by atoms with Crippen LogP contribution < -0.4 is 14.4 Å². The summed E-state index contributed by atoms with van der Waals surface area (Å²) < 4.78 is 48.6. The highest BCUT2D eigenvalue weighted by Crippen LogP contribution is 2.53. The number of ether oxygens (including phenoxy) is 3. The number of carbonyl (C=O) groups excluding carboxylic acids is 1. The van der Waals surface area contributed by atoms with Crippen LogP contribution in [0.15, 0.2) is 41.7 Å². The van der Waals surface area contributed by atoms with Gasteiger partial charge in [0.2, 0.25) is 5.91 Å². The molecule has 1 saturated heterocycles. The van der Waals surface area contributed by atoms with E-state index in [-0.39, 0.29) is 42.2 Å². The van der Waals surface area contributed by atoms with Crippen molar-refractivity contribution in [2.24, 2.45) is 5.92 Å². The first kappa shape index (κ1) is 26.0. The highest BCUT2D eigenvalue weighted by Gasteiger charge is 2.44. The summed E-state index contributed by atoms with van der Waals surface area (Å²) >= 11 is 1.65. The smallest absolute Gasteiger partial charge is 0.227 e. The minimum absolute atomic E-state index is 0.0139. The molecule has 1 amide bonds. The van der Waals surface area contributed by atoms with Gasteiger partial charge in [0.25, 0.3) is 0 Å². The molecular weight excluding hydrogens is 526 g/mol. The van der Waals surface area contributed by atoms with Gasteiger partial charge in [0.15, 0.2) is 23.1 Å². The summed E-state index contributed by atoms with van der Waals surface area (Å²) in [7, 11) is 2.57. The Hall–Kier alpha value is -3.28. The molecular formula is C28H28F2N4O4S. The predicted molar refractivity (Wildman–Crippen MR) is 142 cm³/mol. The molecule has 2 fully saturated rings. The molecule has 11 heteroatoms. The lowest BCUT2D eigenvalue weighted by Gasteiger charge is -2.28. The first-order chi connectivity index (χ1) is 19.0. The maximum absolute atomic E-state index is 15.4. The van der Waals surface area contributed by atoms with Crippen molar-refractivity contribution in [2.45, 2.75) is 30.2 Å². The summed E-state index contributed by atoms with van der Waals surface area (Å²) in [6.07, 6.45) is 6.37. The minimum atomic E-state index is -0.941. The number of hydrogen-bond acceptors (Lipinski definition) is 8. The number of benzene rings is 1. The van der Waals surface area contributed by atoms with Crippen molar-refractivity contribution in [1.82, 2.24) is 14.3 Å². The Kier molecular flexibility index (Phi) is 7.13. The average Bonchev–Trinajstić information content (AvgIpc) is 3.71. The molecule has 0 spiro atoms. The summed E-state index contributed by atoms with van der Waals surface area (Å²) in [5.41, 5.74) is 2.99. The van der Waals surface area contributed by atoms with Crippen molar-refractivity contribution in [3.8, 4) is 22.8 Å². The van der Waals surface area contributed by atoms with E-state index in [0.29, 0.717) is 13.2 Å². The van der Waals surface area contributed by atoms with Crippen LogP contribution >= 0.6 is 11.9 Å². The monoisotopic (exact) mass is 554 g/mol. The number of amides is 1. The number of halogens is 2. The predicted octanol–water partition coefficient (Wildman–Crippen LogP) is 4.82. The third kappa shape index (κ3) is 5.06. The number of aromatic nitrogens is 2. The van der Waals surface area contributed by atoms with Crippen LogP contribution in [0.3, 0.4) is 0 Å². The number of morpholine rings is 1. The molecule has 2 atom stereocenters. The van der Waals surface area contributed by atoms with Gasteiger partial charge >= 0.3 is 0 Å². The Morgan fingerprint density at radius 2 is 1.77 bits per heavy atom. The highest BCUT2D eigenvalue weighted by atomic mass is 32.2. The molecule has 204 valence electrons. The molecule has 1 saturated carbocycles. The summed E-state index contributed by atoms with van der Waals surface area (Å²) in [6.45, 7) is 3.12. The molecule has 0 bridgehead atoms. The van der Waals surface area contributed by atoms with Crippen LogP contribution in [-0.4, -0.2) is 60.7 Å². The summed E-state index contributed by atoms with van der Waals surface area (Å²) in [4.78, 5) is 24.6. The third-order valence-electron chi connectivity index (χ3n) is 7.44. The molecule has 39 heavy (non-hydrogen) atoms. The zero-order chi connectivity index (χ0) is 27.1. The minimum Gasteiger partial charge on any atom is -0.493 e. The number of anilines is 1. The van der Waals surface area contributed by atoms with Crippen LogP contribution in [0, 0.1) is 17.6 Å². The Bertz CT molecular complexity index is 1390. The van der Waals surface area contributed by atoms with E-state index in [4.69, 9.17) is 14.2 Å². The standard InChI is InChI=1S/C28H28F2N4O4S/c1-36-23-11-24(37-2)27(30)28(26(23)29)34-15-18-13-32-22(10-21(18)20-8-16(20)9-25(34)35)17-7-19(14-31-12-17)39-33-3-5-38-6-4-33/h7,10-14,16,20H,3-6,8-9,15H2,1-2H3. The highest BCUT2D eigenvalue weighted by molar-refractivity contribution is 7.97. The van der Waals surface area contributed by atoms with Gasteiger partial charge in [-0.05, 0) is 53.5 Å². The van der Waals surface area contributed by atoms with Gasteiger partial charge in [-0.15, -0.1) is 0 Å². The normalized spacial score (nSPS) is 21.0. The maximum Gasteiger partial charge on any atom is 0.227 e. The molecule has 0 radical (unpaired) electrons. The average molecular weight is 555 g/mol. The van der Waals surface area contributed by atoms with E-state index in [0.717, 1.165) is 57.8 Å². The molecule has 1 aliphatic carbocycles. The van der Waals surface area contributed by atoms with E-state index >= 15 is 8.78 Å². The Balaban J connectivity index is 1.34. The number of nitrogens with zero attached hydrogens (tertiary/aromatic N) is 4. The lowest BCUT2D eigenvalue weighted by molar-refractivity contribution is -0.119. The van der Waals surface area contributed by atoms with Crippen LogP contribution in [0.25, 0.3) is 11.3 Å². The van der Waals surface area contributed by atoms with E-state index in [1.807, 2.05) is 12.3 Å². The van der Waals surface area contributed by atoms with Gasteiger partial charge in [-0.25, -0.2) is 13.1 Å². The van der Waals surface area contributed by atoms with Crippen LogP contribution in [0.1, 0.15) is 29.9 Å². The zero-order valence-corrected chi connectivity index (χ0v) is 22.5. The fourth-order valence-corrected chi connectivity index (χ4v) is 6.21. The van der Waals surface area contributed by atoms with E-state index in [2.05, 4.69) is 20.3 Å². The van der Waals surface area contributed by atoms with Gasteiger partial charge in [-0.2, -0.15) is 0 Å². The van der Waals surface area contributed by atoms with Gasteiger partial charge < -0.3 is 19.1 Å². The Labute approximate surface area is 229 Å². The lowest BCUT2D eigenvalue weighted by atomic mass is 9.97. The number of methoxy groups -OCH3 is 2. The van der Waals surface area contributed by atoms with E-state index in [1.165, 1.54) is 14.2 Å². The van der Waals surface area contributed by atoms with Crippen molar-refractivity contribution in [3.05, 3.63) is 59.6 Å². The number of fused-ring (bicyclic) bond motifs is 3. The fourth-order valence-electron chi connectivity index (χ4n) is 5.29. The summed E-state index contributed by atoms with van der Waals surface area (Å²) in [5, 5.41) is 0. The topological polar surface area (TPSA) is 77.0 Å². The van der Waals surface area contributed by atoms with Crippen molar-refractivity contribution < 1.29 is 27.8 Å². The SMILES string of the molecule is COc1cc(OC)c(F)c(N2Cc3cnc(-c4cncc(SN5CCOCC5)c4)cc3C3CC3CC2=O)c1F. The molecule has 3 aliphatic rings. The summed E-state index contributed by atoms with van der Waals surface area (Å²) in [5.74, 6) is -2.30. The van der Waals surface area contributed by atoms with Crippen LogP contribution in [0.5, 0.6) is 11.5 Å². The van der Waals surface area contributed by atoms with Crippen molar-refractivity contribution in [3.63, 3.8) is 0 Å². The molecule has 2 unspecified atom stereocenters. The number of carbonyl (C=O) groups is 1. The Morgan fingerprint density at radius 1 is 1.03 bits per heavy atom. The maximum atomic E-state index is 15.4. The van der Waals surface area contributed by atoms with Gasteiger partial charge in [0.1, 0.15) is 5.69 Å². The molecule has 3 aromatic rings. The second-order valence-corrected chi connectivity index (χ2v) is 11.0. The molecule has 2 aliphatic heterocycles. The number of pyridine rings is 2. The van der Waals surface area contributed by atoms with Gasteiger partial charge in [0.05, 0.1) is 39.7 Å². The molecule has 4 heterocycles. The quantitative estimate of drug-likeness (QED) is 0.402. The molecule has 8 nitrogen and oxygen atoms in total. The van der Waals surface area contributed by atoms with Crippen LogP contribution in [0.2, 0.25) is 0 Å². The van der Waals surface area contributed by atoms with Crippen molar-refractivity contribution in [2.75, 3.05) is 45.4 Å². The van der Waals surface area contributed by atoms with Crippen molar-refractivity contribution >= 4 is 23.5 Å². The fraction of sp³-hybridized carbons (Fsp3) is 0.393. The van der Waals surface area contributed by atoms with Gasteiger partial charge in [0, 0.05) is 54.6 Å². The van der Waals surface area contributed by atoms with E-state index in [1.54, 1.807) is 24.3 Å². The van der Waals surface area contributed by atoms with E-state index in [9.17, 15) is 4.79 Å². The largest absolute Gasteiger partial charge is 0.493 e. The van der Waals surface area contributed by atoms with Crippen molar-refractivity contribution in [1.29, 1.82) is 0 Å². The number of rotatable bonds is 6. The van der Waals surface area contributed by atoms with Gasteiger partial charge in [-0.3, -0.25) is 14.8 Å². The van der Waals surface area contributed by atoms with Crippen LogP contribution in [-0.2, 0) is 16.1 Å². The molecule has 2 aromatic heterocycles. The lowest BCUT2D eigenvalue weighted by Crippen LogP contribution is -2.34. The summed E-state index contributed by atoms with van der Waals surface area (Å²) in [6, 6.07) is 5.24. The zero-order valence-electron chi connectivity index (χ0n) is 21.7. The Morgan fingerprint density at radius 3 is 2.49 bits per heavy atom. The third-order valence-corrected chi connectivity index (χ3v) is 8.50. The first-order valence-electron chi connectivity index (χ1n) is 12.8. The second kappa shape index (κ2) is 10.7. The van der Waals surface area contributed by atoms with Gasteiger partial charge in [-0.1, -0.05) is 0 Å². The number of hydrogen-bond donors (Lipinski definition) is 0. The van der Waals surface area contributed by atoms with E-state index < -0.39 is 17.3 Å².